The molecule has 1 heterocycles. The minimum absolute atomic E-state index is 0.0585. The molecule has 2 aromatic rings. The smallest absolute Gasteiger partial charge is 0.122 e. The molecule has 0 aliphatic rings. The molecule has 0 saturated heterocycles. The zero-order valence-electron chi connectivity index (χ0n) is 18.4. The summed E-state index contributed by atoms with van der Waals surface area (Å²) in [6, 6.07) is 8.65. The molecule has 0 aliphatic carbocycles. The van der Waals surface area contributed by atoms with Crippen molar-refractivity contribution in [3.05, 3.63) is 50.7 Å². The van der Waals surface area contributed by atoms with E-state index in [1.807, 2.05) is 26.8 Å². The largest absolute Gasteiger partial charge is 0.491 e. The predicted octanol–water partition coefficient (Wildman–Crippen LogP) is 5.75. The van der Waals surface area contributed by atoms with E-state index in [0.29, 0.717) is 6.61 Å². The third-order valence-corrected chi connectivity index (χ3v) is 7.39. The summed E-state index contributed by atoms with van der Waals surface area (Å²) < 4.78 is 5.93. The number of thiophene rings is 1. The Bertz CT molecular complexity index is 782. The lowest BCUT2D eigenvalue weighted by Gasteiger charge is -2.32. The van der Waals surface area contributed by atoms with E-state index in [1.165, 1.54) is 16.0 Å². The molecule has 0 spiro atoms. The number of aliphatic hydroxyl groups is 2. The molecule has 1 aromatic carbocycles. The maximum absolute atomic E-state index is 10.3. The monoisotopic (exact) mass is 404 g/mol. The van der Waals surface area contributed by atoms with Crippen molar-refractivity contribution in [2.75, 3.05) is 6.61 Å². The van der Waals surface area contributed by atoms with Gasteiger partial charge in [-0.25, -0.2) is 0 Å². The molecular formula is C24H36O3S. The zero-order valence-corrected chi connectivity index (χ0v) is 19.2. The number of rotatable bonds is 8. The summed E-state index contributed by atoms with van der Waals surface area (Å²) in [5.41, 5.74) is 3.28. The fourth-order valence-electron chi connectivity index (χ4n) is 3.59. The van der Waals surface area contributed by atoms with E-state index in [9.17, 15) is 10.2 Å². The molecule has 0 bridgehead atoms. The number of aryl methyl sites for hydroxylation is 2. The summed E-state index contributed by atoms with van der Waals surface area (Å²) in [7, 11) is 0. The highest BCUT2D eigenvalue weighted by molar-refractivity contribution is 7.12. The third kappa shape index (κ3) is 4.61. The van der Waals surface area contributed by atoms with Crippen LogP contribution in [-0.2, 0) is 12.0 Å². The second-order valence-corrected chi connectivity index (χ2v) is 9.97. The molecule has 2 N–H and O–H groups in total. The van der Waals surface area contributed by atoms with Gasteiger partial charge in [-0.05, 0) is 60.9 Å². The minimum atomic E-state index is -0.511. The molecule has 0 amide bonds. The van der Waals surface area contributed by atoms with Gasteiger partial charge >= 0.3 is 0 Å². The van der Waals surface area contributed by atoms with Gasteiger partial charge in [-0.2, -0.15) is 0 Å². The first-order valence-electron chi connectivity index (χ1n) is 10.2. The summed E-state index contributed by atoms with van der Waals surface area (Å²) in [5, 5.41) is 19.9. The van der Waals surface area contributed by atoms with Crippen LogP contribution in [0.25, 0.3) is 0 Å². The third-order valence-electron chi connectivity index (χ3n) is 5.97. The van der Waals surface area contributed by atoms with Gasteiger partial charge in [0.25, 0.3) is 0 Å². The van der Waals surface area contributed by atoms with E-state index in [4.69, 9.17) is 4.74 Å². The van der Waals surface area contributed by atoms with E-state index in [-0.39, 0.29) is 17.4 Å². The van der Waals surface area contributed by atoms with Crippen molar-refractivity contribution in [1.82, 2.24) is 0 Å². The minimum Gasteiger partial charge on any atom is -0.491 e. The van der Waals surface area contributed by atoms with Gasteiger partial charge in [-0.1, -0.05) is 46.8 Å². The van der Waals surface area contributed by atoms with Gasteiger partial charge in [0, 0.05) is 15.2 Å². The second-order valence-electron chi connectivity index (χ2n) is 8.84. The fraction of sp³-hybridized carbons (Fsp3) is 0.583. The molecule has 0 fully saturated rings. The Labute approximate surface area is 174 Å². The van der Waals surface area contributed by atoms with Crippen molar-refractivity contribution < 1.29 is 14.9 Å². The Balaban J connectivity index is 2.34. The molecule has 0 radical (unpaired) electrons. The van der Waals surface area contributed by atoms with Crippen molar-refractivity contribution in [3.8, 4) is 5.75 Å². The van der Waals surface area contributed by atoms with Gasteiger partial charge in [0.1, 0.15) is 12.4 Å². The van der Waals surface area contributed by atoms with Gasteiger partial charge in [-0.15, -0.1) is 11.3 Å². The zero-order chi connectivity index (χ0) is 21.1. The summed E-state index contributed by atoms with van der Waals surface area (Å²) >= 11 is 1.72. The first-order valence-corrected chi connectivity index (χ1v) is 11.0. The SMILES string of the molecule is CCC(CC)(c1ccc(OCC(O)C(C)(C)C)c(C)c1)c1cc(C)c(CO)s1. The van der Waals surface area contributed by atoms with E-state index in [0.717, 1.165) is 29.0 Å². The molecule has 2 rings (SSSR count). The molecule has 1 atom stereocenters. The van der Waals surface area contributed by atoms with Gasteiger partial charge in [0.15, 0.2) is 0 Å². The van der Waals surface area contributed by atoms with Crippen LogP contribution in [0.15, 0.2) is 24.3 Å². The highest BCUT2D eigenvalue weighted by Crippen LogP contribution is 2.44. The Kier molecular flexibility index (Phi) is 7.35. The van der Waals surface area contributed by atoms with Gasteiger partial charge in [-0.3, -0.25) is 0 Å². The second kappa shape index (κ2) is 8.98. The van der Waals surface area contributed by atoms with Crippen LogP contribution in [0.2, 0.25) is 0 Å². The average Bonchev–Trinajstić information content (AvgIpc) is 3.02. The van der Waals surface area contributed by atoms with Crippen molar-refractivity contribution >= 4 is 11.3 Å². The van der Waals surface area contributed by atoms with Crippen LogP contribution >= 0.6 is 11.3 Å². The van der Waals surface area contributed by atoms with Gasteiger partial charge in [0.05, 0.1) is 12.7 Å². The summed E-state index contributed by atoms with van der Waals surface area (Å²) in [6.07, 6.45) is 1.48. The van der Waals surface area contributed by atoms with Crippen molar-refractivity contribution in [1.29, 1.82) is 0 Å². The molecular weight excluding hydrogens is 368 g/mol. The number of hydrogen-bond donors (Lipinski definition) is 2. The van der Waals surface area contributed by atoms with Crippen molar-refractivity contribution in [2.45, 2.75) is 79.4 Å². The quantitative estimate of drug-likeness (QED) is 0.589. The Morgan fingerprint density at radius 2 is 1.68 bits per heavy atom. The maximum Gasteiger partial charge on any atom is 0.122 e. The Morgan fingerprint density at radius 3 is 2.14 bits per heavy atom. The highest BCUT2D eigenvalue weighted by atomic mass is 32.1. The van der Waals surface area contributed by atoms with Gasteiger partial charge in [0.2, 0.25) is 0 Å². The van der Waals surface area contributed by atoms with Crippen LogP contribution in [0.3, 0.4) is 0 Å². The lowest BCUT2D eigenvalue weighted by Crippen LogP contribution is -2.32. The molecule has 1 unspecified atom stereocenters. The summed E-state index contributed by atoms with van der Waals surface area (Å²) in [4.78, 5) is 2.37. The fourth-order valence-corrected chi connectivity index (χ4v) is 4.98. The molecule has 156 valence electrons. The van der Waals surface area contributed by atoms with Crippen LogP contribution < -0.4 is 4.74 Å². The van der Waals surface area contributed by atoms with E-state index < -0.39 is 6.10 Å². The molecule has 0 aliphatic heterocycles. The van der Waals surface area contributed by atoms with Crippen LogP contribution in [0.5, 0.6) is 5.75 Å². The first-order chi connectivity index (χ1) is 13.1. The number of ether oxygens (including phenoxy) is 1. The van der Waals surface area contributed by atoms with Crippen molar-refractivity contribution in [3.63, 3.8) is 0 Å². The van der Waals surface area contributed by atoms with Crippen LogP contribution in [0.4, 0.5) is 0 Å². The van der Waals surface area contributed by atoms with Crippen LogP contribution in [0.1, 0.15) is 73.9 Å². The molecule has 4 heteroatoms. The number of hydrogen-bond acceptors (Lipinski definition) is 4. The molecule has 1 aromatic heterocycles. The first kappa shape index (κ1) is 22.9. The number of aliphatic hydroxyl groups excluding tert-OH is 2. The topological polar surface area (TPSA) is 49.7 Å². The Morgan fingerprint density at radius 1 is 1.04 bits per heavy atom. The lowest BCUT2D eigenvalue weighted by atomic mass is 9.74. The lowest BCUT2D eigenvalue weighted by molar-refractivity contribution is 0.0216. The summed E-state index contributed by atoms with van der Waals surface area (Å²) in [5.74, 6) is 0.826. The van der Waals surface area contributed by atoms with Gasteiger partial charge < -0.3 is 14.9 Å². The van der Waals surface area contributed by atoms with Crippen LogP contribution in [-0.4, -0.2) is 22.9 Å². The maximum atomic E-state index is 10.3. The number of benzene rings is 1. The molecule has 0 saturated carbocycles. The normalized spacial score (nSPS) is 13.6. The van der Waals surface area contributed by atoms with E-state index in [2.05, 4.69) is 45.9 Å². The van der Waals surface area contributed by atoms with E-state index >= 15 is 0 Å². The van der Waals surface area contributed by atoms with Crippen LogP contribution in [0, 0.1) is 19.3 Å². The van der Waals surface area contributed by atoms with Crippen molar-refractivity contribution in [2.24, 2.45) is 5.41 Å². The summed E-state index contributed by atoms with van der Waals surface area (Å²) in [6.45, 7) is 15.0. The molecule has 28 heavy (non-hydrogen) atoms. The average molecular weight is 405 g/mol. The highest BCUT2D eigenvalue weighted by Gasteiger charge is 2.33. The molecule has 3 nitrogen and oxygen atoms in total. The predicted molar refractivity (Wildman–Crippen MR) is 118 cm³/mol. The van der Waals surface area contributed by atoms with E-state index in [1.54, 1.807) is 11.3 Å². The Hall–Kier alpha value is -1.36. The standard InChI is InChI=1S/C24H36O3S/c1-8-24(9-2,22-13-17(4)20(14-25)28-22)18-10-11-19(16(3)12-18)27-15-21(26)23(5,6)7/h10-13,21,25-26H,8-9,14-15H2,1-7H3.